The Morgan fingerprint density at radius 1 is 1.50 bits per heavy atom. The monoisotopic (exact) mass is 250 g/mol. The number of carbonyl (C=O) groups excluding carboxylic acids is 1. The number of methoxy groups -OCH3 is 1. The third kappa shape index (κ3) is 2.72. The Labute approximate surface area is 106 Å². The first kappa shape index (κ1) is 12.7. The van der Waals surface area contributed by atoms with Crippen LogP contribution in [0.15, 0.2) is 18.2 Å². The minimum Gasteiger partial charge on any atom is -0.495 e. The molecule has 0 bridgehead atoms. The molecule has 6 nitrogen and oxygen atoms in total. The van der Waals surface area contributed by atoms with Crippen LogP contribution in [-0.2, 0) is 0 Å². The van der Waals surface area contributed by atoms with Gasteiger partial charge in [-0.3, -0.25) is 10.2 Å². The highest BCUT2D eigenvalue weighted by Crippen LogP contribution is 2.21. The zero-order valence-electron chi connectivity index (χ0n) is 10.5. The van der Waals surface area contributed by atoms with Gasteiger partial charge in [0, 0.05) is 11.6 Å². The number of nitrogen functional groups attached to an aromatic ring is 1. The molecule has 18 heavy (non-hydrogen) atoms. The molecule has 1 amide bonds. The van der Waals surface area contributed by atoms with Gasteiger partial charge in [0.15, 0.2) is 0 Å². The fourth-order valence-corrected chi connectivity index (χ4v) is 1.93. The number of amides is 1. The summed E-state index contributed by atoms with van der Waals surface area (Å²) in [6.07, 6.45) is 0.785. The van der Waals surface area contributed by atoms with Gasteiger partial charge in [-0.2, -0.15) is 0 Å². The van der Waals surface area contributed by atoms with Crippen LogP contribution in [0.1, 0.15) is 23.7 Å². The van der Waals surface area contributed by atoms with Gasteiger partial charge in [-0.1, -0.05) is 0 Å². The van der Waals surface area contributed by atoms with E-state index in [1.165, 1.54) is 0 Å². The fraction of sp³-hybridized carbons (Fsp3) is 0.417. The van der Waals surface area contributed by atoms with Gasteiger partial charge >= 0.3 is 0 Å². The average Bonchev–Trinajstić information content (AvgIpc) is 2.74. The molecule has 0 aliphatic carbocycles. The average molecular weight is 250 g/mol. The number of hydrazine groups is 1. The number of hydrogen-bond donors (Lipinski definition) is 4. The van der Waals surface area contributed by atoms with E-state index in [1.54, 1.807) is 25.3 Å². The van der Waals surface area contributed by atoms with Crippen LogP contribution in [-0.4, -0.2) is 25.2 Å². The lowest BCUT2D eigenvalue weighted by Gasteiger charge is -2.13. The van der Waals surface area contributed by atoms with Crippen molar-refractivity contribution in [1.29, 1.82) is 0 Å². The second kappa shape index (κ2) is 5.24. The van der Waals surface area contributed by atoms with Crippen molar-refractivity contribution in [1.82, 2.24) is 16.2 Å². The van der Waals surface area contributed by atoms with E-state index in [1.807, 2.05) is 6.92 Å². The number of ether oxygens (including phenoxy) is 1. The van der Waals surface area contributed by atoms with Crippen LogP contribution in [0.4, 0.5) is 5.69 Å². The highest BCUT2D eigenvalue weighted by molar-refractivity contribution is 5.95. The summed E-state index contributed by atoms with van der Waals surface area (Å²) in [6, 6.07) is 5.33. The maximum absolute atomic E-state index is 12.0. The van der Waals surface area contributed by atoms with Crippen LogP contribution in [0.2, 0.25) is 0 Å². The Kier molecular flexibility index (Phi) is 3.69. The molecule has 6 heteroatoms. The summed E-state index contributed by atoms with van der Waals surface area (Å²) in [5, 5.41) is 2.88. The molecule has 1 heterocycles. The molecule has 0 radical (unpaired) electrons. The maximum Gasteiger partial charge on any atom is 0.252 e. The van der Waals surface area contributed by atoms with Crippen molar-refractivity contribution in [3.8, 4) is 5.75 Å². The molecule has 2 atom stereocenters. The first-order valence-corrected chi connectivity index (χ1v) is 5.85. The van der Waals surface area contributed by atoms with Crippen LogP contribution in [0.5, 0.6) is 5.75 Å². The first-order valence-electron chi connectivity index (χ1n) is 5.85. The third-order valence-corrected chi connectivity index (χ3v) is 2.89. The van der Waals surface area contributed by atoms with Gasteiger partial charge in [-0.15, -0.1) is 0 Å². The van der Waals surface area contributed by atoms with Crippen molar-refractivity contribution < 1.29 is 9.53 Å². The van der Waals surface area contributed by atoms with Gasteiger partial charge < -0.3 is 15.8 Å². The summed E-state index contributed by atoms with van der Waals surface area (Å²) in [5.74, 6) is 0.415. The molecule has 5 N–H and O–H groups in total. The zero-order valence-corrected chi connectivity index (χ0v) is 10.5. The molecule has 2 rings (SSSR count). The zero-order chi connectivity index (χ0) is 13.1. The predicted molar refractivity (Wildman–Crippen MR) is 69.0 cm³/mol. The summed E-state index contributed by atoms with van der Waals surface area (Å²) in [4.78, 5) is 12.0. The Morgan fingerprint density at radius 2 is 2.28 bits per heavy atom. The Bertz CT molecular complexity index is 450. The van der Waals surface area contributed by atoms with Gasteiger partial charge in [0.05, 0.1) is 19.0 Å². The molecule has 0 saturated carbocycles. The summed E-state index contributed by atoms with van der Waals surface area (Å²) < 4.78 is 5.05. The largest absolute Gasteiger partial charge is 0.495 e. The van der Waals surface area contributed by atoms with Gasteiger partial charge in [0.2, 0.25) is 0 Å². The standard InChI is InChI=1S/C12H18N4O2/c1-7-5-11(16-15-7)14-12(17)8-3-4-10(18-2)9(13)6-8/h3-4,6-7,11,15-16H,5,13H2,1-2H3,(H,14,17). The van der Waals surface area contributed by atoms with Crippen LogP contribution in [0, 0.1) is 0 Å². The predicted octanol–water partition coefficient (Wildman–Crippen LogP) is 0.220. The van der Waals surface area contributed by atoms with E-state index in [9.17, 15) is 4.79 Å². The summed E-state index contributed by atoms with van der Waals surface area (Å²) >= 11 is 0. The lowest BCUT2D eigenvalue weighted by atomic mass is 10.1. The molecule has 1 aromatic carbocycles. The third-order valence-electron chi connectivity index (χ3n) is 2.89. The number of anilines is 1. The SMILES string of the molecule is COc1ccc(C(=O)NC2CC(C)NN2)cc1N. The van der Waals surface area contributed by atoms with Crippen molar-refractivity contribution in [2.75, 3.05) is 12.8 Å². The molecule has 2 unspecified atom stereocenters. The van der Waals surface area contributed by atoms with Crippen molar-refractivity contribution in [2.24, 2.45) is 0 Å². The smallest absolute Gasteiger partial charge is 0.252 e. The number of hydrogen-bond acceptors (Lipinski definition) is 5. The minimum absolute atomic E-state index is 0.0594. The Morgan fingerprint density at radius 3 is 2.83 bits per heavy atom. The second-order valence-corrected chi connectivity index (χ2v) is 4.41. The summed E-state index contributed by atoms with van der Waals surface area (Å²) in [6.45, 7) is 2.05. The molecular formula is C12H18N4O2. The number of nitrogens with one attached hydrogen (secondary N) is 3. The molecule has 98 valence electrons. The number of rotatable bonds is 3. The van der Waals surface area contributed by atoms with E-state index >= 15 is 0 Å². The minimum atomic E-state index is -0.155. The van der Waals surface area contributed by atoms with Crippen molar-refractivity contribution in [2.45, 2.75) is 25.6 Å². The van der Waals surface area contributed by atoms with Crippen molar-refractivity contribution >= 4 is 11.6 Å². The normalized spacial score (nSPS) is 22.8. The van der Waals surface area contributed by atoms with Gasteiger partial charge in [-0.25, -0.2) is 5.43 Å². The van der Waals surface area contributed by atoms with E-state index in [-0.39, 0.29) is 12.1 Å². The topological polar surface area (TPSA) is 88.4 Å². The van der Waals surface area contributed by atoms with Gasteiger partial charge in [0.25, 0.3) is 5.91 Å². The molecule has 1 aromatic rings. The van der Waals surface area contributed by atoms with Gasteiger partial charge in [0.1, 0.15) is 5.75 Å². The van der Waals surface area contributed by atoms with Crippen LogP contribution in [0.3, 0.4) is 0 Å². The maximum atomic E-state index is 12.0. The molecular weight excluding hydrogens is 232 g/mol. The summed E-state index contributed by atoms with van der Waals surface area (Å²) in [7, 11) is 1.54. The van der Waals surface area contributed by atoms with E-state index in [0.717, 1.165) is 6.42 Å². The summed E-state index contributed by atoms with van der Waals surface area (Å²) in [5.41, 5.74) is 12.8. The molecule has 1 aliphatic heterocycles. The molecule has 1 saturated heterocycles. The molecule has 0 aromatic heterocycles. The van der Waals surface area contributed by atoms with Crippen molar-refractivity contribution in [3.05, 3.63) is 23.8 Å². The van der Waals surface area contributed by atoms with Crippen LogP contribution < -0.4 is 26.6 Å². The molecule has 1 fully saturated rings. The van der Waals surface area contributed by atoms with E-state index in [2.05, 4.69) is 16.2 Å². The number of carbonyl (C=O) groups is 1. The van der Waals surface area contributed by atoms with E-state index in [0.29, 0.717) is 23.0 Å². The van der Waals surface area contributed by atoms with Crippen LogP contribution >= 0.6 is 0 Å². The van der Waals surface area contributed by atoms with E-state index in [4.69, 9.17) is 10.5 Å². The van der Waals surface area contributed by atoms with Crippen LogP contribution in [0.25, 0.3) is 0 Å². The molecule has 1 aliphatic rings. The highest BCUT2D eigenvalue weighted by Gasteiger charge is 2.22. The fourth-order valence-electron chi connectivity index (χ4n) is 1.93. The molecule has 0 spiro atoms. The first-order chi connectivity index (χ1) is 8.60. The number of nitrogens with two attached hydrogens (primary N) is 1. The quantitative estimate of drug-likeness (QED) is 0.576. The second-order valence-electron chi connectivity index (χ2n) is 4.41. The highest BCUT2D eigenvalue weighted by atomic mass is 16.5. The Balaban J connectivity index is 2.02. The van der Waals surface area contributed by atoms with E-state index < -0.39 is 0 Å². The lowest BCUT2D eigenvalue weighted by molar-refractivity contribution is 0.0932. The Hall–Kier alpha value is -1.79. The van der Waals surface area contributed by atoms with Gasteiger partial charge in [-0.05, 0) is 31.5 Å². The number of benzene rings is 1. The lowest BCUT2D eigenvalue weighted by Crippen LogP contribution is -2.44. The van der Waals surface area contributed by atoms with Crippen molar-refractivity contribution in [3.63, 3.8) is 0 Å².